The Morgan fingerprint density at radius 1 is 1.35 bits per heavy atom. The Bertz CT molecular complexity index is 489. The minimum absolute atomic E-state index is 0.182. The van der Waals surface area contributed by atoms with E-state index in [4.69, 9.17) is 14.6 Å². The monoisotopic (exact) mass is 342 g/mol. The molecule has 0 aliphatic carbocycles. The van der Waals surface area contributed by atoms with E-state index in [1.807, 2.05) is 32.9 Å². The standard InChI is InChI=1S/C15H19BrO4/c1-15(2,3)20-9-8-19-12-5-6-13(16)11(10-12)4-7-14(17)18/h4-7,10H,8-9H2,1-3H3,(H,17,18)/b7-4+. The molecule has 0 radical (unpaired) electrons. The zero-order valence-electron chi connectivity index (χ0n) is 11.9. The number of carboxylic acids is 1. The van der Waals surface area contributed by atoms with Crippen molar-refractivity contribution in [3.8, 4) is 5.75 Å². The lowest BCUT2D eigenvalue weighted by Crippen LogP contribution is -2.22. The van der Waals surface area contributed by atoms with Crippen molar-refractivity contribution < 1.29 is 19.4 Å². The zero-order valence-corrected chi connectivity index (χ0v) is 13.4. The second-order valence-corrected chi connectivity index (χ2v) is 6.02. The Balaban J connectivity index is 2.59. The molecule has 0 aliphatic rings. The van der Waals surface area contributed by atoms with Gasteiger partial charge in [-0.2, -0.15) is 0 Å². The van der Waals surface area contributed by atoms with Crippen LogP contribution < -0.4 is 4.74 Å². The minimum Gasteiger partial charge on any atom is -0.491 e. The van der Waals surface area contributed by atoms with Crippen LogP contribution in [0.1, 0.15) is 26.3 Å². The molecule has 0 unspecified atom stereocenters. The van der Waals surface area contributed by atoms with Crippen molar-refractivity contribution in [2.45, 2.75) is 26.4 Å². The van der Waals surface area contributed by atoms with E-state index < -0.39 is 5.97 Å². The van der Waals surface area contributed by atoms with Crippen LogP contribution in [0.2, 0.25) is 0 Å². The van der Waals surface area contributed by atoms with Crippen LogP contribution in [0.4, 0.5) is 0 Å². The molecule has 0 spiro atoms. The van der Waals surface area contributed by atoms with Gasteiger partial charge in [-0.1, -0.05) is 15.9 Å². The van der Waals surface area contributed by atoms with E-state index in [2.05, 4.69) is 15.9 Å². The van der Waals surface area contributed by atoms with E-state index in [9.17, 15) is 4.79 Å². The summed E-state index contributed by atoms with van der Waals surface area (Å²) in [7, 11) is 0. The second-order valence-electron chi connectivity index (χ2n) is 5.16. The van der Waals surface area contributed by atoms with Gasteiger partial charge in [0.2, 0.25) is 0 Å². The zero-order chi connectivity index (χ0) is 15.2. The third-order valence-corrected chi connectivity index (χ3v) is 2.98. The number of rotatable bonds is 6. The average molecular weight is 343 g/mol. The van der Waals surface area contributed by atoms with Gasteiger partial charge in [0.1, 0.15) is 12.4 Å². The Kier molecular flexibility index (Phi) is 6.23. The largest absolute Gasteiger partial charge is 0.491 e. The van der Waals surface area contributed by atoms with Gasteiger partial charge in [0.25, 0.3) is 0 Å². The highest BCUT2D eigenvalue weighted by Gasteiger charge is 2.09. The van der Waals surface area contributed by atoms with E-state index in [1.165, 1.54) is 6.08 Å². The van der Waals surface area contributed by atoms with Crippen molar-refractivity contribution >= 4 is 28.0 Å². The van der Waals surface area contributed by atoms with Gasteiger partial charge in [0, 0.05) is 10.5 Å². The first-order valence-corrected chi connectivity index (χ1v) is 7.04. The van der Waals surface area contributed by atoms with E-state index in [1.54, 1.807) is 6.07 Å². The van der Waals surface area contributed by atoms with Gasteiger partial charge in [0.05, 0.1) is 12.2 Å². The van der Waals surface area contributed by atoms with Gasteiger partial charge in [0.15, 0.2) is 0 Å². The van der Waals surface area contributed by atoms with Gasteiger partial charge in [-0.3, -0.25) is 0 Å². The van der Waals surface area contributed by atoms with Crippen LogP contribution in [0.5, 0.6) is 5.75 Å². The first-order chi connectivity index (χ1) is 9.28. The van der Waals surface area contributed by atoms with Crippen LogP contribution in [0.25, 0.3) is 6.08 Å². The van der Waals surface area contributed by atoms with Crippen molar-refractivity contribution in [3.05, 3.63) is 34.3 Å². The molecule has 1 N–H and O–H groups in total. The van der Waals surface area contributed by atoms with Gasteiger partial charge in [-0.25, -0.2) is 4.79 Å². The molecule has 0 aliphatic heterocycles. The highest BCUT2D eigenvalue weighted by Crippen LogP contribution is 2.24. The summed E-state index contributed by atoms with van der Waals surface area (Å²) >= 11 is 3.36. The summed E-state index contributed by atoms with van der Waals surface area (Å²) in [5, 5.41) is 8.63. The molecule has 1 aromatic carbocycles. The van der Waals surface area contributed by atoms with Gasteiger partial charge in [-0.05, 0) is 50.6 Å². The smallest absolute Gasteiger partial charge is 0.328 e. The van der Waals surface area contributed by atoms with Crippen molar-refractivity contribution in [1.82, 2.24) is 0 Å². The Hall–Kier alpha value is -1.33. The van der Waals surface area contributed by atoms with Crippen molar-refractivity contribution in [2.75, 3.05) is 13.2 Å². The summed E-state index contributed by atoms with van der Waals surface area (Å²) in [6.45, 7) is 6.91. The molecule has 0 aromatic heterocycles. The molecular weight excluding hydrogens is 324 g/mol. The molecule has 4 nitrogen and oxygen atoms in total. The quantitative estimate of drug-likeness (QED) is 0.632. The molecule has 0 amide bonds. The van der Waals surface area contributed by atoms with Crippen LogP contribution in [0.3, 0.4) is 0 Å². The summed E-state index contributed by atoms with van der Waals surface area (Å²) in [6, 6.07) is 5.42. The number of hydrogen-bond donors (Lipinski definition) is 1. The SMILES string of the molecule is CC(C)(C)OCCOc1ccc(Br)c(/C=C/C(=O)O)c1. The number of halogens is 1. The molecule has 1 rings (SSSR count). The van der Waals surface area contributed by atoms with Crippen molar-refractivity contribution in [1.29, 1.82) is 0 Å². The molecule has 0 fully saturated rings. The molecule has 110 valence electrons. The summed E-state index contributed by atoms with van der Waals surface area (Å²) in [5.41, 5.74) is 0.569. The molecule has 5 heteroatoms. The summed E-state index contributed by atoms with van der Waals surface area (Å²) < 4.78 is 11.9. The highest BCUT2D eigenvalue weighted by atomic mass is 79.9. The summed E-state index contributed by atoms with van der Waals surface area (Å²) in [6.07, 6.45) is 2.61. The fourth-order valence-electron chi connectivity index (χ4n) is 1.41. The normalized spacial score (nSPS) is 11.8. The van der Waals surface area contributed by atoms with Gasteiger partial charge in [-0.15, -0.1) is 0 Å². The molecule has 0 bridgehead atoms. The lowest BCUT2D eigenvalue weighted by Gasteiger charge is -2.19. The number of hydrogen-bond acceptors (Lipinski definition) is 3. The topological polar surface area (TPSA) is 55.8 Å². The molecular formula is C15H19BrO4. The molecule has 0 saturated carbocycles. The number of carbonyl (C=O) groups is 1. The Labute approximate surface area is 127 Å². The van der Waals surface area contributed by atoms with Crippen LogP contribution in [-0.4, -0.2) is 29.9 Å². The highest BCUT2D eigenvalue weighted by molar-refractivity contribution is 9.10. The number of aliphatic carboxylic acids is 1. The van der Waals surface area contributed by atoms with Crippen LogP contribution in [0, 0.1) is 0 Å². The maximum atomic E-state index is 10.5. The fourth-order valence-corrected chi connectivity index (χ4v) is 1.79. The second kappa shape index (κ2) is 7.45. The lowest BCUT2D eigenvalue weighted by atomic mass is 10.2. The first kappa shape index (κ1) is 16.7. The molecule has 0 saturated heterocycles. The van der Waals surface area contributed by atoms with Crippen LogP contribution in [0.15, 0.2) is 28.7 Å². The molecule has 20 heavy (non-hydrogen) atoms. The average Bonchev–Trinajstić information content (AvgIpc) is 2.33. The Morgan fingerprint density at radius 3 is 2.65 bits per heavy atom. The predicted molar refractivity (Wildman–Crippen MR) is 82.0 cm³/mol. The fraction of sp³-hybridized carbons (Fsp3) is 0.400. The third-order valence-electron chi connectivity index (χ3n) is 2.26. The van der Waals surface area contributed by atoms with Crippen molar-refractivity contribution in [3.63, 3.8) is 0 Å². The van der Waals surface area contributed by atoms with Crippen LogP contribution >= 0.6 is 15.9 Å². The van der Waals surface area contributed by atoms with Crippen LogP contribution in [-0.2, 0) is 9.53 Å². The Morgan fingerprint density at radius 2 is 2.05 bits per heavy atom. The van der Waals surface area contributed by atoms with Gasteiger partial charge >= 0.3 is 5.97 Å². The molecule has 0 heterocycles. The predicted octanol–water partition coefficient (Wildman–Crippen LogP) is 3.74. The lowest BCUT2D eigenvalue weighted by molar-refractivity contribution is -0.131. The maximum Gasteiger partial charge on any atom is 0.328 e. The van der Waals surface area contributed by atoms with E-state index in [-0.39, 0.29) is 5.60 Å². The van der Waals surface area contributed by atoms with E-state index >= 15 is 0 Å². The maximum absolute atomic E-state index is 10.5. The summed E-state index contributed by atoms with van der Waals surface area (Å²) in [4.78, 5) is 10.5. The molecule has 1 aromatic rings. The van der Waals surface area contributed by atoms with Gasteiger partial charge < -0.3 is 14.6 Å². The minimum atomic E-state index is -0.984. The molecule has 0 atom stereocenters. The van der Waals surface area contributed by atoms with Crippen molar-refractivity contribution in [2.24, 2.45) is 0 Å². The summed E-state index contributed by atoms with van der Waals surface area (Å²) in [5.74, 6) is -0.308. The third kappa shape index (κ3) is 6.73. The van der Waals surface area contributed by atoms with E-state index in [0.717, 1.165) is 16.1 Å². The van der Waals surface area contributed by atoms with E-state index in [0.29, 0.717) is 19.0 Å². The number of ether oxygens (including phenoxy) is 2. The number of benzene rings is 1. The number of carboxylic acid groups (broad SMARTS) is 1. The first-order valence-electron chi connectivity index (χ1n) is 6.25.